The van der Waals surface area contributed by atoms with E-state index in [1.165, 1.54) is 0 Å². The molecule has 0 aliphatic rings. The Morgan fingerprint density at radius 2 is 1.00 bits per heavy atom. The Labute approximate surface area is 90.3 Å². The molecule has 6 heteroatoms. The Bertz CT molecular complexity index is 21.1. The van der Waals surface area contributed by atoms with Gasteiger partial charge in [0.2, 0.25) is 0 Å². The molecule has 0 aliphatic carbocycles. The van der Waals surface area contributed by atoms with Gasteiger partial charge in [0.1, 0.15) is 0 Å². The van der Waals surface area contributed by atoms with Crippen LogP contribution in [-0.2, 0) is 4.79 Å². The molecule has 60 valence electrons. The number of carbonyl (C=O) groups excluding carboxylic acids is 1. The molecule has 0 rings (SSSR count). The summed E-state index contributed by atoms with van der Waals surface area (Å²) in [5.41, 5.74) is 0. The fraction of sp³-hybridized carbons (Fsp3) is 0.750. The van der Waals surface area contributed by atoms with Crippen LogP contribution in [0.25, 0.3) is 0 Å². The third kappa shape index (κ3) is 1340. The summed E-state index contributed by atoms with van der Waals surface area (Å²) in [5, 5.41) is 29.2. The van der Waals surface area contributed by atoms with Gasteiger partial charge in [-0.3, -0.25) is 0 Å². The third-order valence-corrected chi connectivity index (χ3v) is 0. The average Bonchev–Trinajstić information content (AvgIpc) is 2.01. The predicted octanol–water partition coefficient (Wildman–Crippen LogP) is -3.19. The molecule has 0 aromatic rings. The van der Waals surface area contributed by atoms with Crippen LogP contribution in [0.5, 0.6) is 0 Å². The minimum atomic E-state index is -0.500. The SMILES string of the molecule is CO.CO.CO.O=C[O-].[Ca+2]. The normalized spacial score (nSPS) is 3.00. The third-order valence-electron chi connectivity index (χ3n) is 0. The van der Waals surface area contributed by atoms with E-state index in [1.807, 2.05) is 0 Å². The summed E-state index contributed by atoms with van der Waals surface area (Å²) in [4.78, 5) is 8.25. The van der Waals surface area contributed by atoms with Crippen LogP contribution < -0.4 is 5.11 Å². The van der Waals surface area contributed by atoms with Crippen LogP contribution in [0.3, 0.4) is 0 Å². The summed E-state index contributed by atoms with van der Waals surface area (Å²) in [7, 11) is 3.00. The second-order valence-corrected chi connectivity index (χ2v) is 0.0962. The van der Waals surface area contributed by atoms with Crippen LogP contribution in [0.15, 0.2) is 0 Å². The number of rotatable bonds is 0. The van der Waals surface area contributed by atoms with Crippen molar-refractivity contribution in [1.82, 2.24) is 0 Å². The van der Waals surface area contributed by atoms with Crippen molar-refractivity contribution in [3.8, 4) is 0 Å². The zero-order valence-electron chi connectivity index (χ0n) is 6.44. The molecular weight excluding hydrogens is 168 g/mol. The van der Waals surface area contributed by atoms with E-state index < -0.39 is 6.47 Å². The van der Waals surface area contributed by atoms with Crippen LogP contribution in [0.2, 0.25) is 0 Å². The molecule has 0 aliphatic heterocycles. The molecule has 0 bridgehead atoms. The zero-order valence-corrected chi connectivity index (χ0v) is 8.65. The Morgan fingerprint density at radius 1 is 1.00 bits per heavy atom. The summed E-state index contributed by atoms with van der Waals surface area (Å²) in [6.07, 6.45) is 0. The van der Waals surface area contributed by atoms with Crippen LogP contribution >= 0.6 is 0 Å². The van der Waals surface area contributed by atoms with Crippen LogP contribution in [-0.4, -0.2) is 80.9 Å². The van der Waals surface area contributed by atoms with Gasteiger partial charge in [0.15, 0.2) is 0 Å². The van der Waals surface area contributed by atoms with Crippen LogP contribution in [0.4, 0.5) is 0 Å². The fourth-order valence-corrected chi connectivity index (χ4v) is 0. The first-order valence-corrected chi connectivity index (χ1v) is 1.81. The predicted molar refractivity (Wildman–Crippen MR) is 36.2 cm³/mol. The van der Waals surface area contributed by atoms with Crippen molar-refractivity contribution in [1.29, 1.82) is 0 Å². The standard InChI is InChI=1S/CH2O2.3CH4O.Ca/c2-1-3;3*1-2;/h1H,(H,2,3);3*2H,1H3;/q;;;;+2/p-1. The Balaban J connectivity index is -0.0000000110. The molecule has 3 N–H and O–H groups in total. The molecule has 0 atom stereocenters. The molecule has 0 amide bonds. The molecule has 0 spiro atoms. The van der Waals surface area contributed by atoms with Crippen LogP contribution in [0, 0.1) is 0 Å². The molecule has 0 radical (unpaired) electrons. The zero-order chi connectivity index (χ0) is 8.71. The number of hydrogen-bond acceptors (Lipinski definition) is 5. The van der Waals surface area contributed by atoms with Gasteiger partial charge in [0.25, 0.3) is 0 Å². The van der Waals surface area contributed by atoms with Crippen LogP contribution in [0.1, 0.15) is 0 Å². The summed E-state index contributed by atoms with van der Waals surface area (Å²) < 4.78 is 0. The summed E-state index contributed by atoms with van der Waals surface area (Å²) in [6.45, 7) is -0.500. The van der Waals surface area contributed by atoms with Gasteiger partial charge in [-0.05, 0) is 0 Å². The molecule has 0 aromatic heterocycles. The largest absolute Gasteiger partial charge is 2.00 e. The van der Waals surface area contributed by atoms with Crippen molar-refractivity contribution < 1.29 is 25.2 Å². The first-order chi connectivity index (χ1) is 4.41. The molecule has 0 saturated carbocycles. The van der Waals surface area contributed by atoms with Gasteiger partial charge < -0.3 is 25.2 Å². The summed E-state index contributed by atoms with van der Waals surface area (Å²) in [6, 6.07) is 0. The minimum absolute atomic E-state index is 0. The molecule has 0 unspecified atom stereocenters. The number of aliphatic hydroxyl groups is 3. The number of carboxylic acid groups (broad SMARTS) is 1. The molecule has 0 saturated heterocycles. The Morgan fingerprint density at radius 3 is 1.00 bits per heavy atom. The first-order valence-electron chi connectivity index (χ1n) is 1.81. The maximum atomic E-state index is 8.25. The second-order valence-electron chi connectivity index (χ2n) is 0.0962. The van der Waals surface area contributed by atoms with Crippen molar-refractivity contribution in [3.05, 3.63) is 0 Å². The van der Waals surface area contributed by atoms with E-state index in [9.17, 15) is 0 Å². The van der Waals surface area contributed by atoms with Crippen molar-refractivity contribution >= 4 is 44.2 Å². The topological polar surface area (TPSA) is 101 Å². The quantitative estimate of drug-likeness (QED) is 0.270. The summed E-state index contributed by atoms with van der Waals surface area (Å²) >= 11 is 0. The van der Waals surface area contributed by atoms with Crippen molar-refractivity contribution in [2.45, 2.75) is 0 Å². The van der Waals surface area contributed by atoms with Gasteiger partial charge in [-0.1, -0.05) is 0 Å². The smallest absolute Gasteiger partial charge is 0.554 e. The fourth-order valence-electron chi connectivity index (χ4n) is 0. The molecule has 5 nitrogen and oxygen atoms in total. The summed E-state index contributed by atoms with van der Waals surface area (Å²) in [5.74, 6) is 0. The molecule has 0 aromatic carbocycles. The van der Waals surface area contributed by atoms with Gasteiger partial charge in [-0.2, -0.15) is 0 Å². The van der Waals surface area contributed by atoms with E-state index in [2.05, 4.69) is 0 Å². The van der Waals surface area contributed by atoms with E-state index >= 15 is 0 Å². The van der Waals surface area contributed by atoms with E-state index in [1.54, 1.807) is 0 Å². The van der Waals surface area contributed by atoms with E-state index in [4.69, 9.17) is 25.2 Å². The second kappa shape index (κ2) is 275. The Hall–Kier alpha value is 0.610. The number of carbonyl (C=O) groups is 1. The average molecular weight is 181 g/mol. The van der Waals surface area contributed by atoms with Gasteiger partial charge >= 0.3 is 37.7 Å². The maximum absolute atomic E-state index is 8.25. The van der Waals surface area contributed by atoms with Crippen molar-refractivity contribution in [2.24, 2.45) is 0 Å². The van der Waals surface area contributed by atoms with Gasteiger partial charge in [-0.25, -0.2) is 0 Å². The monoisotopic (exact) mass is 181 g/mol. The molecule has 0 fully saturated rings. The molecule has 0 heterocycles. The van der Waals surface area contributed by atoms with E-state index in [-0.39, 0.29) is 37.7 Å². The van der Waals surface area contributed by atoms with Gasteiger partial charge in [0.05, 0.1) is 0 Å². The van der Waals surface area contributed by atoms with Gasteiger partial charge in [-0.15, -0.1) is 0 Å². The maximum Gasteiger partial charge on any atom is 2.00 e. The van der Waals surface area contributed by atoms with Gasteiger partial charge in [0, 0.05) is 27.8 Å². The van der Waals surface area contributed by atoms with Crippen molar-refractivity contribution in [2.75, 3.05) is 21.3 Å². The first kappa shape index (κ1) is 31.1. The minimum Gasteiger partial charge on any atom is -0.554 e. The Kier molecular flexibility index (Phi) is 856. The molecule has 10 heavy (non-hydrogen) atoms. The molecular formula is C4H13CaO5+. The van der Waals surface area contributed by atoms with Crippen molar-refractivity contribution in [3.63, 3.8) is 0 Å². The number of aliphatic hydroxyl groups excluding tert-OH is 3. The van der Waals surface area contributed by atoms with E-state index in [0.29, 0.717) is 0 Å². The van der Waals surface area contributed by atoms with E-state index in [0.717, 1.165) is 21.3 Å². The number of hydrogen-bond donors (Lipinski definition) is 3.